The third kappa shape index (κ3) is 6.57. The first-order valence-corrected chi connectivity index (χ1v) is 15.2. The van der Waals surface area contributed by atoms with Crippen LogP contribution in [0.1, 0.15) is 48.9 Å². The molecule has 42 heavy (non-hydrogen) atoms. The molecule has 0 bridgehead atoms. The van der Waals surface area contributed by atoms with Crippen molar-refractivity contribution in [3.05, 3.63) is 47.8 Å². The van der Waals surface area contributed by atoms with Gasteiger partial charge in [-0.05, 0) is 47.1 Å². The monoisotopic (exact) mass is 591 g/mol. The third-order valence-corrected chi connectivity index (χ3v) is 9.13. The molecule has 1 saturated heterocycles. The molecule has 5 rings (SSSR count). The highest BCUT2D eigenvalue weighted by molar-refractivity contribution is 7.86. The summed E-state index contributed by atoms with van der Waals surface area (Å²) in [4.78, 5) is 33.4. The summed E-state index contributed by atoms with van der Waals surface area (Å²) in [7, 11) is -1.33. The van der Waals surface area contributed by atoms with E-state index in [-0.39, 0.29) is 0 Å². The van der Waals surface area contributed by atoms with Gasteiger partial charge in [-0.25, -0.2) is 19.9 Å². The SMILES string of the molecule is Cc1[nH]nc(Nc2ncnc3cc(OCCCN4CCN(c5cnc(C=O)cn5)CC4)c(S(=O)C(C)(C)C)cc23)c1C. The molecule has 2 N–H and O–H groups in total. The molecule has 13 heteroatoms. The van der Waals surface area contributed by atoms with Gasteiger partial charge in [-0.15, -0.1) is 0 Å². The molecule has 12 nitrogen and oxygen atoms in total. The number of anilines is 3. The Hall–Kier alpha value is -3.97. The van der Waals surface area contributed by atoms with Crippen molar-refractivity contribution < 1.29 is 13.7 Å². The lowest BCUT2D eigenvalue weighted by Gasteiger charge is -2.35. The van der Waals surface area contributed by atoms with Crippen LogP contribution in [0.3, 0.4) is 0 Å². The molecule has 4 aromatic rings. The van der Waals surface area contributed by atoms with Crippen LogP contribution >= 0.6 is 0 Å². The number of piperazine rings is 1. The first-order chi connectivity index (χ1) is 20.1. The second-order valence-electron chi connectivity index (χ2n) is 11.3. The fourth-order valence-electron chi connectivity index (χ4n) is 4.70. The summed E-state index contributed by atoms with van der Waals surface area (Å²) in [5.74, 6) is 2.65. The van der Waals surface area contributed by atoms with E-state index in [0.717, 1.165) is 61.6 Å². The summed E-state index contributed by atoms with van der Waals surface area (Å²) in [6.45, 7) is 14.6. The second-order valence-corrected chi connectivity index (χ2v) is 13.5. The molecule has 0 spiro atoms. The summed E-state index contributed by atoms with van der Waals surface area (Å²) in [5.41, 5.74) is 3.01. The van der Waals surface area contributed by atoms with E-state index >= 15 is 0 Å². The lowest BCUT2D eigenvalue weighted by Crippen LogP contribution is -2.47. The number of hydrogen-bond donors (Lipinski definition) is 2. The molecule has 0 aliphatic carbocycles. The molecular weight excluding hydrogens is 554 g/mol. The number of nitrogens with zero attached hydrogens (tertiary/aromatic N) is 7. The Labute approximate surface area is 247 Å². The standard InChI is InChI=1S/C29H37N9O3S/c1-19-20(2)35-36-27(19)34-28-22-13-25(42(40)29(3,4)5)24(14-23(22)32-18-33-28)41-12-6-7-37-8-10-38(11-9-37)26-16-30-21(17-39)15-31-26/h13-18H,6-12H2,1-5H3,(H2,32,33,34,35,36). The number of hydrogen-bond acceptors (Lipinski definition) is 11. The van der Waals surface area contributed by atoms with Gasteiger partial charge in [0, 0.05) is 60.2 Å². The minimum Gasteiger partial charge on any atom is -0.492 e. The summed E-state index contributed by atoms with van der Waals surface area (Å²) in [6, 6.07) is 3.74. The highest BCUT2D eigenvalue weighted by atomic mass is 32.2. The second kappa shape index (κ2) is 12.5. The number of aromatic nitrogens is 6. The molecule has 0 saturated carbocycles. The number of carbonyl (C=O) groups excluding carboxylic acids is 1. The number of ether oxygens (including phenoxy) is 1. The summed E-state index contributed by atoms with van der Waals surface area (Å²) in [6.07, 6.45) is 6.18. The lowest BCUT2D eigenvalue weighted by atomic mass is 10.2. The van der Waals surface area contributed by atoms with Crippen molar-refractivity contribution in [2.75, 3.05) is 49.5 Å². The van der Waals surface area contributed by atoms with Crippen LogP contribution < -0.4 is 15.0 Å². The van der Waals surface area contributed by atoms with E-state index in [0.29, 0.717) is 46.4 Å². The molecule has 4 heterocycles. The molecule has 222 valence electrons. The average molecular weight is 592 g/mol. The van der Waals surface area contributed by atoms with Crippen molar-refractivity contribution in [1.82, 2.24) is 35.0 Å². The quantitative estimate of drug-likeness (QED) is 0.205. The number of nitrogens with one attached hydrogen (secondary N) is 2. The highest BCUT2D eigenvalue weighted by Crippen LogP contribution is 2.35. The van der Waals surface area contributed by atoms with Crippen LogP contribution in [0.15, 0.2) is 35.7 Å². The number of aldehydes is 1. The zero-order chi connectivity index (χ0) is 29.9. The van der Waals surface area contributed by atoms with Crippen molar-refractivity contribution in [3.63, 3.8) is 0 Å². The first kappa shape index (κ1) is 29.5. The molecule has 0 amide bonds. The molecule has 0 radical (unpaired) electrons. The Bertz CT molecular complexity index is 1580. The maximum absolute atomic E-state index is 13.6. The van der Waals surface area contributed by atoms with Crippen molar-refractivity contribution >= 4 is 45.4 Å². The smallest absolute Gasteiger partial charge is 0.170 e. The van der Waals surface area contributed by atoms with Gasteiger partial charge in [0.15, 0.2) is 12.1 Å². The molecule has 1 unspecified atom stereocenters. The number of H-pyrrole nitrogens is 1. The van der Waals surface area contributed by atoms with Crippen molar-refractivity contribution in [2.45, 2.75) is 50.7 Å². The number of fused-ring (bicyclic) bond motifs is 1. The van der Waals surface area contributed by atoms with E-state index in [2.05, 4.69) is 45.2 Å². The van der Waals surface area contributed by atoms with E-state index in [9.17, 15) is 9.00 Å². The van der Waals surface area contributed by atoms with Gasteiger partial charge < -0.3 is 15.0 Å². The van der Waals surface area contributed by atoms with Gasteiger partial charge in [-0.1, -0.05) is 0 Å². The fraction of sp³-hybridized carbons (Fsp3) is 0.448. The van der Waals surface area contributed by atoms with Gasteiger partial charge in [0.05, 0.1) is 40.2 Å². The minimum absolute atomic E-state index is 0.335. The molecule has 3 aromatic heterocycles. The zero-order valence-corrected chi connectivity index (χ0v) is 25.5. The Morgan fingerprint density at radius 1 is 1.05 bits per heavy atom. The van der Waals surface area contributed by atoms with Crippen LogP contribution in [0.2, 0.25) is 0 Å². The van der Waals surface area contributed by atoms with Gasteiger partial charge in [0.2, 0.25) is 0 Å². The predicted molar refractivity (Wildman–Crippen MR) is 163 cm³/mol. The van der Waals surface area contributed by atoms with E-state index in [1.54, 1.807) is 6.20 Å². The highest BCUT2D eigenvalue weighted by Gasteiger charge is 2.26. The number of aromatic amines is 1. The van der Waals surface area contributed by atoms with Crippen LogP contribution in [-0.4, -0.2) is 89.6 Å². The summed E-state index contributed by atoms with van der Waals surface area (Å²) >= 11 is 0. The third-order valence-electron chi connectivity index (χ3n) is 7.30. The van der Waals surface area contributed by atoms with Gasteiger partial charge in [0.1, 0.15) is 29.4 Å². The molecule has 1 aliphatic heterocycles. The Kier molecular flexibility index (Phi) is 8.78. The predicted octanol–water partition coefficient (Wildman–Crippen LogP) is 3.81. The minimum atomic E-state index is -1.33. The van der Waals surface area contributed by atoms with Crippen molar-refractivity contribution in [2.24, 2.45) is 0 Å². The van der Waals surface area contributed by atoms with Gasteiger partial charge in [0.25, 0.3) is 0 Å². The summed E-state index contributed by atoms with van der Waals surface area (Å²) in [5, 5.41) is 11.4. The molecule has 1 fully saturated rings. The van der Waals surface area contributed by atoms with Gasteiger partial charge in [-0.2, -0.15) is 5.10 Å². The van der Waals surface area contributed by atoms with E-state index in [1.165, 1.54) is 12.5 Å². The maximum atomic E-state index is 13.6. The summed E-state index contributed by atoms with van der Waals surface area (Å²) < 4.78 is 19.4. The van der Waals surface area contributed by atoms with Crippen molar-refractivity contribution in [3.8, 4) is 5.75 Å². The lowest BCUT2D eigenvalue weighted by molar-refractivity contribution is 0.111. The number of benzene rings is 1. The normalized spacial score (nSPS) is 15.1. The molecular formula is C29H37N9O3S. The average Bonchev–Trinajstić information content (AvgIpc) is 3.31. The topological polar surface area (TPSA) is 142 Å². The van der Waals surface area contributed by atoms with Crippen LogP contribution in [0.25, 0.3) is 10.9 Å². The van der Waals surface area contributed by atoms with Crippen molar-refractivity contribution in [1.29, 1.82) is 0 Å². The van der Waals surface area contributed by atoms with Crippen LogP contribution in [0.5, 0.6) is 5.75 Å². The van der Waals surface area contributed by atoms with Gasteiger partial charge >= 0.3 is 0 Å². The molecule has 1 aromatic carbocycles. The van der Waals surface area contributed by atoms with Crippen LogP contribution in [0.4, 0.5) is 17.5 Å². The van der Waals surface area contributed by atoms with E-state index in [1.807, 2.05) is 46.8 Å². The molecule has 1 atom stereocenters. The largest absolute Gasteiger partial charge is 0.492 e. The Morgan fingerprint density at radius 3 is 2.48 bits per heavy atom. The number of aryl methyl sites for hydroxylation is 1. The first-order valence-electron chi connectivity index (χ1n) is 14.0. The molecule has 1 aliphatic rings. The zero-order valence-electron chi connectivity index (χ0n) is 24.7. The number of carbonyl (C=O) groups is 1. The maximum Gasteiger partial charge on any atom is 0.170 e. The van der Waals surface area contributed by atoms with E-state index in [4.69, 9.17) is 4.74 Å². The van der Waals surface area contributed by atoms with Crippen LogP contribution in [-0.2, 0) is 10.8 Å². The van der Waals surface area contributed by atoms with Crippen LogP contribution in [0, 0.1) is 13.8 Å². The van der Waals surface area contributed by atoms with E-state index < -0.39 is 15.5 Å². The Balaban J connectivity index is 1.25. The van der Waals surface area contributed by atoms with Gasteiger partial charge in [-0.3, -0.25) is 19.0 Å². The Morgan fingerprint density at radius 2 is 1.83 bits per heavy atom. The fourth-order valence-corrected chi connectivity index (χ4v) is 5.88. The number of rotatable bonds is 10.